The van der Waals surface area contributed by atoms with Gasteiger partial charge in [0.1, 0.15) is 5.82 Å². The van der Waals surface area contributed by atoms with Crippen LogP contribution in [-0.2, 0) is 19.1 Å². The zero-order chi connectivity index (χ0) is 24.5. The van der Waals surface area contributed by atoms with E-state index in [0.717, 1.165) is 0 Å². The predicted molar refractivity (Wildman–Crippen MR) is 121 cm³/mol. The Labute approximate surface area is 196 Å². The predicted octanol–water partition coefficient (Wildman–Crippen LogP) is 2.57. The summed E-state index contributed by atoms with van der Waals surface area (Å²) in [5.74, 6) is -1.41. The van der Waals surface area contributed by atoms with Gasteiger partial charge in [0.25, 0.3) is 11.8 Å². The maximum atomic E-state index is 13.6. The van der Waals surface area contributed by atoms with Crippen LogP contribution < -0.4 is 14.8 Å². The Bertz CT molecular complexity index is 1040. The molecule has 1 aliphatic heterocycles. The number of carbonyl (C=O) groups excluding carboxylic acids is 3. The molecule has 0 spiro atoms. The molecule has 10 heteroatoms. The van der Waals surface area contributed by atoms with Crippen LogP contribution in [0.1, 0.15) is 22.8 Å². The molecule has 0 aromatic heterocycles. The number of aryl methyl sites for hydroxylation is 1. The zero-order valence-electron chi connectivity index (χ0n) is 19.1. The van der Waals surface area contributed by atoms with Crippen molar-refractivity contribution in [1.29, 1.82) is 0 Å². The third-order valence-electron chi connectivity index (χ3n) is 4.98. The quantitative estimate of drug-likeness (QED) is 0.557. The average Bonchev–Trinajstić information content (AvgIpc) is 2.84. The van der Waals surface area contributed by atoms with Crippen molar-refractivity contribution in [2.24, 2.45) is 0 Å². The summed E-state index contributed by atoms with van der Waals surface area (Å²) in [6.07, 6.45) is 0. The number of morpholine rings is 1. The van der Waals surface area contributed by atoms with Gasteiger partial charge in [-0.25, -0.2) is 9.18 Å². The largest absolute Gasteiger partial charge is 0.490 e. The first kappa shape index (κ1) is 25.0. The minimum atomic E-state index is -0.748. The summed E-state index contributed by atoms with van der Waals surface area (Å²) in [5, 5.41) is 2.47. The van der Waals surface area contributed by atoms with Gasteiger partial charge < -0.3 is 29.2 Å². The number of anilines is 1. The molecule has 1 aliphatic rings. The van der Waals surface area contributed by atoms with E-state index < -0.39 is 24.3 Å². The summed E-state index contributed by atoms with van der Waals surface area (Å²) < 4.78 is 35.1. The summed E-state index contributed by atoms with van der Waals surface area (Å²) in [4.78, 5) is 38.4. The van der Waals surface area contributed by atoms with Gasteiger partial charge in [0.15, 0.2) is 24.7 Å². The Morgan fingerprint density at radius 1 is 1.03 bits per heavy atom. The molecular formula is C24H27FN2O7. The number of hydrogen-bond acceptors (Lipinski definition) is 7. The van der Waals surface area contributed by atoms with Crippen LogP contribution in [0, 0.1) is 12.7 Å². The fraction of sp³-hybridized carbons (Fsp3) is 0.375. The first-order valence-electron chi connectivity index (χ1n) is 10.9. The van der Waals surface area contributed by atoms with E-state index in [2.05, 4.69) is 5.32 Å². The Morgan fingerprint density at radius 3 is 2.50 bits per heavy atom. The third-order valence-corrected chi connectivity index (χ3v) is 4.98. The van der Waals surface area contributed by atoms with Crippen LogP contribution in [0.4, 0.5) is 10.1 Å². The zero-order valence-corrected chi connectivity index (χ0v) is 19.1. The number of ether oxygens (including phenoxy) is 4. The van der Waals surface area contributed by atoms with Crippen LogP contribution in [0.5, 0.6) is 11.5 Å². The first-order chi connectivity index (χ1) is 16.4. The molecule has 1 N–H and O–H groups in total. The molecule has 1 fully saturated rings. The van der Waals surface area contributed by atoms with Gasteiger partial charge in [-0.2, -0.15) is 0 Å². The lowest BCUT2D eigenvalue weighted by molar-refractivity contribution is -0.137. The molecule has 0 atom stereocenters. The first-order valence-corrected chi connectivity index (χ1v) is 10.9. The van der Waals surface area contributed by atoms with Gasteiger partial charge in [-0.15, -0.1) is 0 Å². The second kappa shape index (κ2) is 12.0. The lowest BCUT2D eigenvalue weighted by Crippen LogP contribution is -2.43. The minimum absolute atomic E-state index is 0.143. The van der Waals surface area contributed by atoms with E-state index in [4.69, 9.17) is 18.9 Å². The molecule has 0 unspecified atom stereocenters. The number of nitrogens with one attached hydrogen (secondary N) is 1. The molecule has 1 heterocycles. The Morgan fingerprint density at radius 2 is 1.79 bits per heavy atom. The number of halogens is 1. The lowest BCUT2D eigenvalue weighted by Gasteiger charge is -2.26. The molecule has 9 nitrogen and oxygen atoms in total. The van der Waals surface area contributed by atoms with Crippen LogP contribution in [0.15, 0.2) is 36.4 Å². The molecule has 0 aliphatic carbocycles. The van der Waals surface area contributed by atoms with E-state index in [1.165, 1.54) is 30.3 Å². The van der Waals surface area contributed by atoms with Crippen LogP contribution in [-0.4, -0.2) is 68.8 Å². The number of rotatable bonds is 9. The van der Waals surface area contributed by atoms with E-state index in [0.29, 0.717) is 44.2 Å². The Kier molecular flexibility index (Phi) is 8.80. The SMILES string of the molecule is CCOc1cc(C(=O)OCC(=O)Nc2ccc(C)c(F)c2)ccc1OCC(=O)N1CCOCC1. The molecule has 1 saturated heterocycles. The van der Waals surface area contributed by atoms with Crippen molar-refractivity contribution in [2.45, 2.75) is 13.8 Å². The maximum Gasteiger partial charge on any atom is 0.338 e. The van der Waals surface area contributed by atoms with Crippen molar-refractivity contribution in [2.75, 3.05) is 51.4 Å². The number of esters is 1. The van der Waals surface area contributed by atoms with Crippen molar-refractivity contribution < 1.29 is 37.7 Å². The second-order valence-corrected chi connectivity index (χ2v) is 7.46. The molecule has 0 bridgehead atoms. The maximum absolute atomic E-state index is 13.6. The molecule has 2 amide bonds. The molecule has 34 heavy (non-hydrogen) atoms. The molecular weight excluding hydrogens is 447 g/mol. The number of hydrogen-bond donors (Lipinski definition) is 1. The van der Waals surface area contributed by atoms with Crippen molar-refractivity contribution in [3.8, 4) is 11.5 Å². The summed E-state index contributed by atoms with van der Waals surface area (Å²) in [7, 11) is 0. The highest BCUT2D eigenvalue weighted by Crippen LogP contribution is 2.29. The van der Waals surface area contributed by atoms with Crippen molar-refractivity contribution in [1.82, 2.24) is 4.90 Å². The fourth-order valence-corrected chi connectivity index (χ4v) is 3.15. The van der Waals surface area contributed by atoms with E-state index in [-0.39, 0.29) is 29.5 Å². The van der Waals surface area contributed by atoms with Gasteiger partial charge in [-0.05, 0) is 49.7 Å². The van der Waals surface area contributed by atoms with Crippen LogP contribution in [0.25, 0.3) is 0 Å². The lowest BCUT2D eigenvalue weighted by atomic mass is 10.2. The van der Waals surface area contributed by atoms with E-state index in [1.54, 1.807) is 24.8 Å². The fourth-order valence-electron chi connectivity index (χ4n) is 3.15. The topological polar surface area (TPSA) is 103 Å². The Hall–Kier alpha value is -3.66. The van der Waals surface area contributed by atoms with Gasteiger partial charge in [-0.3, -0.25) is 9.59 Å². The number of nitrogens with zero attached hydrogens (tertiary/aromatic N) is 1. The van der Waals surface area contributed by atoms with Gasteiger partial charge in [-0.1, -0.05) is 6.07 Å². The van der Waals surface area contributed by atoms with E-state index in [1.807, 2.05) is 0 Å². The molecule has 182 valence electrons. The van der Waals surface area contributed by atoms with Gasteiger partial charge in [0.05, 0.1) is 25.4 Å². The molecule has 3 rings (SSSR count). The molecule has 2 aromatic carbocycles. The van der Waals surface area contributed by atoms with Crippen LogP contribution >= 0.6 is 0 Å². The summed E-state index contributed by atoms with van der Waals surface area (Å²) in [5.41, 5.74) is 0.854. The normalized spacial score (nSPS) is 13.2. The minimum Gasteiger partial charge on any atom is -0.490 e. The van der Waals surface area contributed by atoms with Gasteiger partial charge in [0.2, 0.25) is 0 Å². The standard InChI is InChI=1S/C24H27FN2O7/c1-3-32-21-12-17(5-7-20(21)33-15-23(29)27-8-10-31-11-9-27)24(30)34-14-22(28)26-18-6-4-16(2)19(25)13-18/h4-7,12-13H,3,8-11,14-15H2,1-2H3,(H,26,28). The van der Waals surface area contributed by atoms with E-state index in [9.17, 15) is 18.8 Å². The number of amides is 2. The van der Waals surface area contributed by atoms with Crippen molar-refractivity contribution >= 4 is 23.5 Å². The monoisotopic (exact) mass is 474 g/mol. The third kappa shape index (κ3) is 6.92. The van der Waals surface area contributed by atoms with Crippen LogP contribution in [0.2, 0.25) is 0 Å². The van der Waals surface area contributed by atoms with E-state index >= 15 is 0 Å². The number of carbonyl (C=O) groups is 3. The molecule has 0 radical (unpaired) electrons. The Balaban J connectivity index is 1.56. The highest BCUT2D eigenvalue weighted by atomic mass is 19.1. The summed E-state index contributed by atoms with van der Waals surface area (Å²) in [6.45, 7) is 4.97. The molecule has 2 aromatic rings. The number of benzene rings is 2. The van der Waals surface area contributed by atoms with Gasteiger partial charge >= 0.3 is 5.97 Å². The van der Waals surface area contributed by atoms with Crippen molar-refractivity contribution in [3.05, 3.63) is 53.3 Å². The smallest absolute Gasteiger partial charge is 0.338 e. The second-order valence-electron chi connectivity index (χ2n) is 7.46. The van der Waals surface area contributed by atoms with Crippen molar-refractivity contribution in [3.63, 3.8) is 0 Å². The van der Waals surface area contributed by atoms with Gasteiger partial charge in [0, 0.05) is 18.8 Å². The van der Waals surface area contributed by atoms with Crippen LogP contribution in [0.3, 0.4) is 0 Å². The molecule has 0 saturated carbocycles. The highest BCUT2D eigenvalue weighted by molar-refractivity contribution is 5.95. The summed E-state index contributed by atoms with van der Waals surface area (Å²) >= 11 is 0. The highest BCUT2D eigenvalue weighted by Gasteiger charge is 2.19. The average molecular weight is 474 g/mol. The summed E-state index contributed by atoms with van der Waals surface area (Å²) in [6, 6.07) is 8.65.